The molecule has 1 fully saturated rings. The van der Waals surface area contributed by atoms with Gasteiger partial charge in [0.05, 0.1) is 5.92 Å². The monoisotopic (exact) mass is 319 g/mol. The molecular formula is C17H29N5O. The predicted molar refractivity (Wildman–Crippen MR) is 92.5 cm³/mol. The van der Waals surface area contributed by atoms with Gasteiger partial charge in [0.2, 0.25) is 11.9 Å². The second-order valence-corrected chi connectivity index (χ2v) is 6.10. The van der Waals surface area contributed by atoms with Gasteiger partial charge < -0.3 is 15.1 Å². The van der Waals surface area contributed by atoms with Gasteiger partial charge in [0.1, 0.15) is 0 Å². The zero-order valence-corrected chi connectivity index (χ0v) is 14.6. The summed E-state index contributed by atoms with van der Waals surface area (Å²) in [6.45, 7) is 11.6. The molecule has 1 aliphatic rings. The van der Waals surface area contributed by atoms with Gasteiger partial charge in [-0.05, 0) is 38.9 Å². The molecule has 1 saturated heterocycles. The largest absolute Gasteiger partial charge is 0.355 e. The first-order valence-corrected chi connectivity index (χ1v) is 8.68. The van der Waals surface area contributed by atoms with Gasteiger partial charge in [0, 0.05) is 38.1 Å². The third kappa shape index (κ3) is 5.16. The highest BCUT2D eigenvalue weighted by Crippen LogP contribution is 2.20. The molecule has 0 bridgehead atoms. The zero-order valence-electron chi connectivity index (χ0n) is 14.6. The van der Waals surface area contributed by atoms with Gasteiger partial charge in [0.15, 0.2) is 0 Å². The Bertz CT molecular complexity index is 504. The summed E-state index contributed by atoms with van der Waals surface area (Å²) >= 11 is 0. The number of aryl methyl sites for hydroxylation is 1. The van der Waals surface area contributed by atoms with E-state index in [0.29, 0.717) is 6.54 Å². The van der Waals surface area contributed by atoms with Gasteiger partial charge in [-0.2, -0.15) is 0 Å². The number of nitrogens with one attached hydrogen (secondary N) is 1. The third-order valence-electron chi connectivity index (χ3n) is 4.48. The Morgan fingerprint density at radius 3 is 2.91 bits per heavy atom. The number of rotatable bonds is 7. The van der Waals surface area contributed by atoms with E-state index in [0.717, 1.165) is 57.2 Å². The molecule has 128 valence electrons. The second-order valence-electron chi connectivity index (χ2n) is 6.10. The van der Waals surface area contributed by atoms with Crippen molar-refractivity contribution in [2.24, 2.45) is 5.92 Å². The molecule has 2 heterocycles. The molecular weight excluding hydrogens is 290 g/mol. The number of hydrogen-bond acceptors (Lipinski definition) is 5. The Morgan fingerprint density at radius 2 is 2.22 bits per heavy atom. The first-order valence-electron chi connectivity index (χ1n) is 8.68. The molecule has 0 saturated carbocycles. The van der Waals surface area contributed by atoms with E-state index in [1.54, 1.807) is 6.20 Å². The fourth-order valence-electron chi connectivity index (χ4n) is 2.98. The molecule has 6 heteroatoms. The summed E-state index contributed by atoms with van der Waals surface area (Å²) in [5, 5.41) is 3.09. The first-order chi connectivity index (χ1) is 11.1. The highest BCUT2D eigenvalue weighted by molar-refractivity contribution is 5.79. The smallest absolute Gasteiger partial charge is 0.225 e. The van der Waals surface area contributed by atoms with Crippen LogP contribution in [0.5, 0.6) is 0 Å². The number of carbonyl (C=O) groups is 1. The summed E-state index contributed by atoms with van der Waals surface area (Å²) in [6, 6.07) is 1.89. The van der Waals surface area contributed by atoms with Crippen molar-refractivity contribution in [2.75, 3.05) is 44.2 Å². The lowest BCUT2D eigenvalue weighted by Gasteiger charge is -2.32. The number of carbonyl (C=O) groups excluding carboxylic acids is 1. The van der Waals surface area contributed by atoms with Crippen LogP contribution in [0.1, 0.15) is 32.4 Å². The van der Waals surface area contributed by atoms with Gasteiger partial charge in [0.25, 0.3) is 0 Å². The van der Waals surface area contributed by atoms with Crippen molar-refractivity contribution < 1.29 is 4.79 Å². The first kappa shape index (κ1) is 17.7. The van der Waals surface area contributed by atoms with Crippen LogP contribution in [-0.4, -0.2) is 60.0 Å². The highest BCUT2D eigenvalue weighted by atomic mass is 16.1. The summed E-state index contributed by atoms with van der Waals surface area (Å²) in [7, 11) is 0. The molecule has 0 aromatic carbocycles. The van der Waals surface area contributed by atoms with E-state index in [9.17, 15) is 4.79 Å². The van der Waals surface area contributed by atoms with Gasteiger partial charge >= 0.3 is 0 Å². The van der Waals surface area contributed by atoms with Crippen LogP contribution in [0.15, 0.2) is 12.3 Å². The number of hydrogen-bond donors (Lipinski definition) is 1. The summed E-state index contributed by atoms with van der Waals surface area (Å²) < 4.78 is 0. The molecule has 1 aliphatic heterocycles. The van der Waals surface area contributed by atoms with Crippen LogP contribution in [0, 0.1) is 12.8 Å². The van der Waals surface area contributed by atoms with Gasteiger partial charge in [-0.1, -0.05) is 13.8 Å². The minimum atomic E-state index is 0.0320. The Kier molecular flexibility index (Phi) is 6.77. The molecule has 2 rings (SSSR count). The number of amides is 1. The lowest BCUT2D eigenvalue weighted by atomic mass is 9.97. The van der Waals surface area contributed by atoms with E-state index < -0.39 is 0 Å². The van der Waals surface area contributed by atoms with E-state index in [1.807, 2.05) is 13.0 Å². The molecule has 0 radical (unpaired) electrons. The van der Waals surface area contributed by atoms with Crippen molar-refractivity contribution in [3.8, 4) is 0 Å². The van der Waals surface area contributed by atoms with E-state index in [2.05, 4.69) is 38.9 Å². The van der Waals surface area contributed by atoms with Crippen LogP contribution in [-0.2, 0) is 4.79 Å². The lowest BCUT2D eigenvalue weighted by molar-refractivity contribution is -0.125. The number of likely N-dealkylation sites (N-methyl/N-ethyl adjacent to an activating group) is 1. The van der Waals surface area contributed by atoms with E-state index in [1.165, 1.54) is 0 Å². The molecule has 1 N–H and O–H groups in total. The Balaban J connectivity index is 1.84. The predicted octanol–water partition coefficient (Wildman–Crippen LogP) is 1.46. The molecule has 1 unspecified atom stereocenters. The highest BCUT2D eigenvalue weighted by Gasteiger charge is 2.26. The third-order valence-corrected chi connectivity index (χ3v) is 4.48. The fourth-order valence-corrected chi connectivity index (χ4v) is 2.98. The van der Waals surface area contributed by atoms with Gasteiger partial charge in [-0.25, -0.2) is 9.97 Å². The zero-order chi connectivity index (χ0) is 16.7. The quantitative estimate of drug-likeness (QED) is 0.824. The maximum absolute atomic E-state index is 12.4. The molecule has 0 aliphatic carbocycles. The van der Waals surface area contributed by atoms with E-state index in [4.69, 9.17) is 0 Å². The number of aromatic nitrogens is 2. The fraction of sp³-hybridized carbons (Fsp3) is 0.706. The summed E-state index contributed by atoms with van der Waals surface area (Å²) in [4.78, 5) is 25.7. The molecule has 1 amide bonds. The second kappa shape index (κ2) is 8.82. The van der Waals surface area contributed by atoms with Gasteiger partial charge in [-0.3, -0.25) is 4.79 Å². The van der Waals surface area contributed by atoms with Crippen LogP contribution in [0.2, 0.25) is 0 Å². The maximum atomic E-state index is 12.4. The molecule has 23 heavy (non-hydrogen) atoms. The van der Waals surface area contributed by atoms with E-state index in [-0.39, 0.29) is 11.8 Å². The van der Waals surface area contributed by atoms with Crippen LogP contribution in [0.25, 0.3) is 0 Å². The Morgan fingerprint density at radius 1 is 1.43 bits per heavy atom. The van der Waals surface area contributed by atoms with Crippen LogP contribution in [0.3, 0.4) is 0 Å². The summed E-state index contributed by atoms with van der Waals surface area (Å²) in [5.41, 5.74) is 0.959. The van der Waals surface area contributed by atoms with Crippen molar-refractivity contribution in [3.63, 3.8) is 0 Å². The number of nitrogens with zero attached hydrogens (tertiary/aromatic N) is 4. The van der Waals surface area contributed by atoms with Crippen LogP contribution < -0.4 is 10.2 Å². The maximum Gasteiger partial charge on any atom is 0.225 e. The minimum absolute atomic E-state index is 0.0320. The topological polar surface area (TPSA) is 61.4 Å². The molecule has 1 aromatic heterocycles. The SMILES string of the molecule is CCN(CC)CCNC(=O)C1CCCN(c2nccc(C)n2)C1. The molecule has 1 atom stereocenters. The standard InChI is InChI=1S/C17H29N5O/c1-4-21(5-2)12-10-18-16(23)15-7-6-11-22(13-15)17-19-9-8-14(3)20-17/h8-9,15H,4-7,10-13H2,1-3H3,(H,18,23). The van der Waals surface area contributed by atoms with Crippen molar-refractivity contribution in [2.45, 2.75) is 33.6 Å². The molecule has 0 spiro atoms. The number of anilines is 1. The van der Waals surface area contributed by atoms with E-state index >= 15 is 0 Å². The van der Waals surface area contributed by atoms with Crippen molar-refractivity contribution in [3.05, 3.63) is 18.0 Å². The average molecular weight is 319 g/mol. The Labute approximate surface area is 139 Å². The molecule has 1 aromatic rings. The molecule has 6 nitrogen and oxygen atoms in total. The summed E-state index contributed by atoms with van der Waals surface area (Å²) in [6.07, 6.45) is 3.73. The van der Waals surface area contributed by atoms with Crippen LogP contribution >= 0.6 is 0 Å². The van der Waals surface area contributed by atoms with Crippen LogP contribution in [0.4, 0.5) is 5.95 Å². The average Bonchev–Trinajstić information content (AvgIpc) is 2.58. The number of piperidine rings is 1. The van der Waals surface area contributed by atoms with Crippen molar-refractivity contribution in [1.82, 2.24) is 20.2 Å². The summed E-state index contributed by atoms with van der Waals surface area (Å²) in [5.74, 6) is 0.935. The Hall–Kier alpha value is -1.69. The van der Waals surface area contributed by atoms with Crippen molar-refractivity contribution in [1.29, 1.82) is 0 Å². The van der Waals surface area contributed by atoms with Crippen molar-refractivity contribution >= 4 is 11.9 Å². The van der Waals surface area contributed by atoms with Gasteiger partial charge in [-0.15, -0.1) is 0 Å². The minimum Gasteiger partial charge on any atom is -0.355 e. The normalized spacial score (nSPS) is 18.3. The lowest BCUT2D eigenvalue weighted by Crippen LogP contribution is -2.45.